The van der Waals surface area contributed by atoms with E-state index >= 15 is 0 Å². The molecule has 3 saturated heterocycles. The molecule has 190 valence electrons. The van der Waals surface area contributed by atoms with Gasteiger partial charge >= 0.3 is 13.2 Å². The number of hydrogen-bond acceptors (Lipinski definition) is 7. The number of nitriles is 1. The van der Waals surface area contributed by atoms with E-state index in [0.717, 1.165) is 35.9 Å². The molecule has 0 N–H and O–H groups in total. The van der Waals surface area contributed by atoms with E-state index < -0.39 is 23.9 Å². The normalized spacial score (nSPS) is 22.1. The highest BCUT2D eigenvalue weighted by atomic mass is 16.7. The van der Waals surface area contributed by atoms with Gasteiger partial charge in [0.15, 0.2) is 0 Å². The molecule has 1 spiro atoms. The molecule has 2 aromatic rings. The number of pyridine rings is 1. The number of carbonyl (C=O) groups is 1. The van der Waals surface area contributed by atoms with E-state index in [1.165, 1.54) is 0 Å². The lowest BCUT2D eigenvalue weighted by atomic mass is 9.74. The van der Waals surface area contributed by atoms with Gasteiger partial charge in [-0.25, -0.2) is 9.78 Å². The summed E-state index contributed by atoms with van der Waals surface area (Å²) in [4.78, 5) is 21.4. The molecule has 5 rings (SSSR count). The SMILES string of the molecule is CC(C)(C)OC(=O)N1CC2(CCN(c3nc4ccccc4c(B4OC(C)(C)C(C)(C)O4)c3C#N)C2)C1. The Hall–Kier alpha value is -2.83. The maximum atomic E-state index is 12.5. The molecule has 3 fully saturated rings. The van der Waals surface area contributed by atoms with Gasteiger partial charge in [-0.05, 0) is 61.0 Å². The molecule has 36 heavy (non-hydrogen) atoms. The molecule has 0 atom stereocenters. The lowest BCUT2D eigenvalue weighted by Gasteiger charge is -2.47. The van der Waals surface area contributed by atoms with Crippen molar-refractivity contribution in [3.63, 3.8) is 0 Å². The van der Waals surface area contributed by atoms with Gasteiger partial charge in [0.05, 0.1) is 22.3 Å². The molecule has 0 aliphatic carbocycles. The van der Waals surface area contributed by atoms with Gasteiger partial charge in [0.1, 0.15) is 17.5 Å². The summed E-state index contributed by atoms with van der Waals surface area (Å²) in [5.74, 6) is 0.661. The number of rotatable bonds is 2. The van der Waals surface area contributed by atoms with Crippen LogP contribution in [0.15, 0.2) is 24.3 Å². The van der Waals surface area contributed by atoms with Crippen LogP contribution in [0.25, 0.3) is 10.9 Å². The van der Waals surface area contributed by atoms with Gasteiger partial charge < -0.3 is 23.8 Å². The third-order valence-electron chi connectivity index (χ3n) is 7.96. The smallest absolute Gasteiger partial charge is 0.444 e. The van der Waals surface area contributed by atoms with Crippen LogP contribution in [-0.4, -0.2) is 66.1 Å². The number of nitrogens with zero attached hydrogens (tertiary/aromatic N) is 4. The van der Waals surface area contributed by atoms with Crippen molar-refractivity contribution in [1.29, 1.82) is 5.26 Å². The summed E-state index contributed by atoms with van der Waals surface area (Å²) in [6.07, 6.45) is 0.661. The molecule has 1 aromatic carbocycles. The van der Waals surface area contributed by atoms with Crippen molar-refractivity contribution in [3.05, 3.63) is 29.8 Å². The summed E-state index contributed by atoms with van der Waals surface area (Å²) in [5, 5.41) is 11.2. The Morgan fingerprint density at radius 2 is 1.75 bits per heavy atom. The van der Waals surface area contributed by atoms with Crippen LogP contribution in [0.4, 0.5) is 10.6 Å². The van der Waals surface area contributed by atoms with Crippen molar-refractivity contribution < 1.29 is 18.8 Å². The summed E-state index contributed by atoms with van der Waals surface area (Å²) in [6, 6.07) is 10.3. The van der Waals surface area contributed by atoms with E-state index in [1.54, 1.807) is 4.90 Å². The fourth-order valence-corrected chi connectivity index (χ4v) is 5.36. The minimum absolute atomic E-state index is 0.0124. The van der Waals surface area contributed by atoms with Gasteiger partial charge in [-0.3, -0.25) is 0 Å². The first-order chi connectivity index (χ1) is 16.7. The van der Waals surface area contributed by atoms with E-state index in [2.05, 4.69) is 11.0 Å². The zero-order valence-electron chi connectivity index (χ0n) is 22.3. The Kier molecular flexibility index (Phi) is 5.58. The number of likely N-dealkylation sites (tertiary alicyclic amines) is 1. The van der Waals surface area contributed by atoms with Crippen LogP contribution in [0.5, 0.6) is 0 Å². The van der Waals surface area contributed by atoms with Gasteiger partial charge in [0.25, 0.3) is 0 Å². The Labute approximate surface area is 213 Å². The third kappa shape index (κ3) is 4.10. The van der Waals surface area contributed by atoms with Crippen LogP contribution < -0.4 is 10.4 Å². The van der Waals surface area contributed by atoms with Crippen LogP contribution in [0.3, 0.4) is 0 Å². The highest BCUT2D eigenvalue weighted by molar-refractivity contribution is 6.66. The van der Waals surface area contributed by atoms with Gasteiger partial charge in [-0.15, -0.1) is 0 Å². The lowest BCUT2D eigenvalue weighted by molar-refractivity contribution is -0.0266. The number of hydrogen-bond donors (Lipinski definition) is 0. The van der Waals surface area contributed by atoms with E-state index in [4.69, 9.17) is 19.0 Å². The first-order valence-electron chi connectivity index (χ1n) is 12.7. The van der Waals surface area contributed by atoms with Gasteiger partial charge in [0, 0.05) is 42.4 Å². The van der Waals surface area contributed by atoms with E-state index in [0.29, 0.717) is 24.5 Å². The minimum atomic E-state index is -0.667. The zero-order chi connectivity index (χ0) is 26.1. The molecule has 0 unspecified atom stereocenters. The lowest BCUT2D eigenvalue weighted by Crippen LogP contribution is -2.60. The van der Waals surface area contributed by atoms with Crippen LogP contribution in [-0.2, 0) is 14.0 Å². The van der Waals surface area contributed by atoms with Crippen LogP contribution in [0.2, 0.25) is 0 Å². The second kappa shape index (κ2) is 8.09. The van der Waals surface area contributed by atoms with Crippen molar-refractivity contribution in [2.75, 3.05) is 31.1 Å². The second-order valence-corrected chi connectivity index (χ2v) is 12.4. The van der Waals surface area contributed by atoms with Crippen molar-refractivity contribution in [1.82, 2.24) is 9.88 Å². The summed E-state index contributed by atoms with van der Waals surface area (Å²) in [7, 11) is -0.667. The number of benzene rings is 1. The largest absolute Gasteiger partial charge is 0.497 e. The molecule has 8 nitrogen and oxygen atoms in total. The van der Waals surface area contributed by atoms with Crippen LogP contribution >= 0.6 is 0 Å². The fourth-order valence-electron chi connectivity index (χ4n) is 5.36. The summed E-state index contributed by atoms with van der Waals surface area (Å²) in [5.41, 5.74) is 0.465. The topological polar surface area (TPSA) is 87.9 Å². The number of amides is 1. The molecule has 3 aliphatic rings. The highest BCUT2D eigenvalue weighted by Gasteiger charge is 2.54. The number of carbonyl (C=O) groups excluding carboxylic acids is 1. The van der Waals surface area contributed by atoms with E-state index in [9.17, 15) is 10.1 Å². The maximum Gasteiger partial charge on any atom is 0.497 e. The van der Waals surface area contributed by atoms with Crippen molar-refractivity contribution in [2.45, 2.75) is 71.7 Å². The van der Waals surface area contributed by atoms with E-state index in [1.807, 2.05) is 72.7 Å². The van der Waals surface area contributed by atoms with Gasteiger partial charge in [-0.2, -0.15) is 5.26 Å². The maximum absolute atomic E-state index is 12.5. The van der Waals surface area contributed by atoms with Crippen LogP contribution in [0, 0.1) is 16.7 Å². The van der Waals surface area contributed by atoms with Crippen LogP contribution in [0.1, 0.15) is 60.5 Å². The zero-order valence-corrected chi connectivity index (χ0v) is 22.3. The third-order valence-corrected chi connectivity index (χ3v) is 7.96. The van der Waals surface area contributed by atoms with E-state index in [-0.39, 0.29) is 11.5 Å². The van der Waals surface area contributed by atoms with Crippen molar-refractivity contribution in [2.24, 2.45) is 5.41 Å². The molecule has 1 amide bonds. The highest BCUT2D eigenvalue weighted by Crippen LogP contribution is 2.43. The average molecular weight is 490 g/mol. The summed E-state index contributed by atoms with van der Waals surface area (Å²) in [6.45, 7) is 16.5. The molecule has 1 aromatic heterocycles. The fraction of sp³-hybridized carbons (Fsp3) is 0.593. The summed E-state index contributed by atoms with van der Waals surface area (Å²) < 4.78 is 18.3. The molecular weight excluding hydrogens is 455 g/mol. The Morgan fingerprint density at radius 1 is 1.11 bits per heavy atom. The molecule has 0 saturated carbocycles. The summed E-state index contributed by atoms with van der Waals surface area (Å²) >= 11 is 0. The quantitative estimate of drug-likeness (QED) is 0.591. The van der Waals surface area contributed by atoms with Crippen molar-refractivity contribution in [3.8, 4) is 6.07 Å². The number of ether oxygens (including phenoxy) is 1. The van der Waals surface area contributed by atoms with Gasteiger partial charge in [-0.1, -0.05) is 18.2 Å². The second-order valence-electron chi connectivity index (χ2n) is 12.4. The predicted molar refractivity (Wildman–Crippen MR) is 139 cm³/mol. The molecule has 0 radical (unpaired) electrons. The monoisotopic (exact) mass is 490 g/mol. The molecule has 9 heteroatoms. The first-order valence-corrected chi connectivity index (χ1v) is 12.7. The molecule has 4 heterocycles. The number of fused-ring (bicyclic) bond motifs is 1. The number of anilines is 1. The Bertz CT molecular complexity index is 1240. The number of para-hydroxylation sites is 1. The molecule has 3 aliphatic heterocycles. The minimum Gasteiger partial charge on any atom is -0.444 e. The number of aromatic nitrogens is 1. The predicted octanol–water partition coefficient (Wildman–Crippen LogP) is 3.85. The molecular formula is C27H35BN4O4. The molecule has 0 bridgehead atoms. The Balaban J connectivity index is 1.46. The average Bonchev–Trinajstić information content (AvgIpc) is 3.28. The first kappa shape index (κ1) is 24.9. The Morgan fingerprint density at radius 3 is 2.36 bits per heavy atom. The standard InChI is InChI=1S/C27H35BN4O4/c1-24(2,3)34-23(33)32-16-27(17-32)12-13-31(15-27)22-19(14-29)21(18-10-8-9-11-20(18)30-22)28-35-25(4,5)26(6,7)36-28/h8-11H,12-13,15-17H2,1-7H3. The van der Waals surface area contributed by atoms with Gasteiger partial charge in [0.2, 0.25) is 0 Å². The van der Waals surface area contributed by atoms with Crippen molar-refractivity contribution >= 4 is 35.4 Å².